The molecule has 1 N–H and O–H groups in total. The highest BCUT2D eigenvalue weighted by molar-refractivity contribution is 5.95. The predicted octanol–water partition coefficient (Wildman–Crippen LogP) is 2.01. The molecule has 26 heavy (non-hydrogen) atoms. The Morgan fingerprint density at radius 1 is 1.15 bits per heavy atom. The van der Waals surface area contributed by atoms with Gasteiger partial charge in [-0.05, 0) is 31.2 Å². The molecule has 0 fully saturated rings. The van der Waals surface area contributed by atoms with Crippen molar-refractivity contribution in [3.05, 3.63) is 52.8 Å². The minimum absolute atomic E-state index is 0.379. The third-order valence-corrected chi connectivity index (χ3v) is 4.00. The fourth-order valence-corrected chi connectivity index (χ4v) is 2.52. The van der Waals surface area contributed by atoms with Crippen LogP contribution < -0.4 is 20.3 Å². The summed E-state index contributed by atoms with van der Waals surface area (Å²) < 4.78 is 11.5. The Balaban J connectivity index is 1.91. The zero-order valence-corrected chi connectivity index (χ0v) is 14.6. The van der Waals surface area contributed by atoms with Crippen molar-refractivity contribution >= 4 is 22.5 Å². The van der Waals surface area contributed by atoms with Gasteiger partial charge in [0.15, 0.2) is 0 Å². The highest BCUT2D eigenvalue weighted by Crippen LogP contribution is 2.29. The van der Waals surface area contributed by atoms with Crippen LogP contribution in [0.1, 0.15) is 13.0 Å². The first-order chi connectivity index (χ1) is 12.5. The average Bonchev–Trinajstić information content (AvgIpc) is 2.67. The molecular formula is C18H18N4O4. The summed E-state index contributed by atoms with van der Waals surface area (Å²) in [6.45, 7) is 1.58. The van der Waals surface area contributed by atoms with Gasteiger partial charge < -0.3 is 14.8 Å². The maximum Gasteiger partial charge on any atom is 0.278 e. The van der Waals surface area contributed by atoms with Gasteiger partial charge in [0.1, 0.15) is 23.1 Å². The van der Waals surface area contributed by atoms with Gasteiger partial charge in [0.05, 0.1) is 25.3 Å². The second-order valence-corrected chi connectivity index (χ2v) is 5.59. The van der Waals surface area contributed by atoms with Gasteiger partial charge in [-0.2, -0.15) is 4.68 Å². The minimum atomic E-state index is -0.865. The fourth-order valence-electron chi connectivity index (χ4n) is 2.52. The minimum Gasteiger partial charge on any atom is -0.497 e. The Labute approximate surface area is 149 Å². The van der Waals surface area contributed by atoms with Crippen LogP contribution in [0.4, 0.5) is 5.69 Å². The smallest absolute Gasteiger partial charge is 0.278 e. The molecule has 134 valence electrons. The standard InChI is InChI=1S/C18H18N4O4/c1-11(22-18(24)13-6-4-5-7-14(13)20-21-22)17(23)19-15-10-12(25-2)8-9-16(15)26-3/h4-11H,1-3H3,(H,19,23). The van der Waals surface area contributed by atoms with Gasteiger partial charge >= 0.3 is 0 Å². The quantitative estimate of drug-likeness (QED) is 0.753. The molecule has 1 aromatic heterocycles. The van der Waals surface area contributed by atoms with E-state index in [1.54, 1.807) is 49.4 Å². The summed E-state index contributed by atoms with van der Waals surface area (Å²) >= 11 is 0. The van der Waals surface area contributed by atoms with E-state index in [4.69, 9.17) is 9.47 Å². The van der Waals surface area contributed by atoms with E-state index in [0.717, 1.165) is 4.68 Å². The molecule has 0 aliphatic heterocycles. The van der Waals surface area contributed by atoms with Gasteiger partial charge in [-0.15, -0.1) is 5.10 Å². The molecule has 0 spiro atoms. The second-order valence-electron chi connectivity index (χ2n) is 5.59. The summed E-state index contributed by atoms with van der Waals surface area (Å²) in [5.74, 6) is 0.614. The molecule has 0 bridgehead atoms. The van der Waals surface area contributed by atoms with Crippen LogP contribution in [0.5, 0.6) is 11.5 Å². The van der Waals surface area contributed by atoms with Gasteiger partial charge in [-0.1, -0.05) is 17.3 Å². The molecule has 3 aromatic rings. The van der Waals surface area contributed by atoms with Gasteiger partial charge in [0.25, 0.3) is 5.56 Å². The van der Waals surface area contributed by atoms with E-state index < -0.39 is 11.9 Å². The van der Waals surface area contributed by atoms with E-state index in [9.17, 15) is 9.59 Å². The molecule has 0 saturated heterocycles. The van der Waals surface area contributed by atoms with Crippen molar-refractivity contribution in [2.75, 3.05) is 19.5 Å². The normalized spacial score (nSPS) is 11.8. The highest BCUT2D eigenvalue weighted by Gasteiger charge is 2.20. The second kappa shape index (κ2) is 7.22. The number of methoxy groups -OCH3 is 2. The number of nitrogens with one attached hydrogen (secondary N) is 1. The molecule has 1 amide bonds. The van der Waals surface area contributed by atoms with E-state index in [-0.39, 0.29) is 5.56 Å². The van der Waals surface area contributed by atoms with Gasteiger partial charge in [-0.25, -0.2) is 0 Å². The van der Waals surface area contributed by atoms with Crippen molar-refractivity contribution in [2.45, 2.75) is 13.0 Å². The first kappa shape index (κ1) is 17.4. The zero-order valence-electron chi connectivity index (χ0n) is 14.6. The average molecular weight is 354 g/mol. The Bertz CT molecular complexity index is 1020. The van der Waals surface area contributed by atoms with Gasteiger partial charge in [-0.3, -0.25) is 9.59 Å². The molecule has 1 atom stereocenters. The van der Waals surface area contributed by atoms with Crippen molar-refractivity contribution in [3.8, 4) is 11.5 Å². The van der Waals surface area contributed by atoms with Crippen LogP contribution in [0.2, 0.25) is 0 Å². The molecule has 0 radical (unpaired) electrons. The number of aromatic nitrogens is 3. The third kappa shape index (κ3) is 3.21. The lowest BCUT2D eigenvalue weighted by Gasteiger charge is -2.16. The lowest BCUT2D eigenvalue weighted by Crippen LogP contribution is -2.34. The molecule has 0 aliphatic carbocycles. The van der Waals surface area contributed by atoms with E-state index in [1.807, 2.05) is 0 Å². The SMILES string of the molecule is COc1ccc(OC)c(NC(=O)C(C)n2nnc3ccccc3c2=O)c1. The Morgan fingerprint density at radius 2 is 1.92 bits per heavy atom. The molecule has 1 unspecified atom stereocenters. The fraction of sp³-hybridized carbons (Fsp3) is 0.222. The molecule has 3 rings (SSSR count). The summed E-state index contributed by atoms with van der Waals surface area (Å²) in [4.78, 5) is 25.2. The number of hydrogen-bond acceptors (Lipinski definition) is 6. The summed E-state index contributed by atoms with van der Waals surface area (Å²) in [6, 6.07) is 11.0. The topological polar surface area (TPSA) is 95.3 Å². The van der Waals surface area contributed by atoms with E-state index in [2.05, 4.69) is 15.6 Å². The molecule has 8 nitrogen and oxygen atoms in total. The maximum atomic E-state index is 12.6. The summed E-state index contributed by atoms with van der Waals surface area (Å²) in [5.41, 5.74) is 0.539. The molecule has 2 aromatic carbocycles. The van der Waals surface area contributed by atoms with Crippen molar-refractivity contribution in [1.29, 1.82) is 0 Å². The van der Waals surface area contributed by atoms with Gasteiger partial charge in [0, 0.05) is 6.07 Å². The van der Waals surface area contributed by atoms with Crippen LogP contribution in [-0.2, 0) is 4.79 Å². The number of carbonyl (C=O) groups is 1. The molecular weight excluding hydrogens is 336 g/mol. The van der Waals surface area contributed by atoms with Crippen LogP contribution in [-0.4, -0.2) is 35.1 Å². The summed E-state index contributed by atoms with van der Waals surface area (Å²) in [7, 11) is 3.03. The number of amides is 1. The molecule has 0 saturated carbocycles. The van der Waals surface area contributed by atoms with Crippen LogP contribution in [0.15, 0.2) is 47.3 Å². The van der Waals surface area contributed by atoms with Crippen LogP contribution in [0.25, 0.3) is 10.9 Å². The van der Waals surface area contributed by atoms with E-state index in [0.29, 0.717) is 28.1 Å². The lowest BCUT2D eigenvalue weighted by atomic mass is 10.2. The first-order valence-corrected chi connectivity index (χ1v) is 7.92. The van der Waals surface area contributed by atoms with Crippen LogP contribution in [0.3, 0.4) is 0 Å². The Kier molecular flexibility index (Phi) is 4.83. The van der Waals surface area contributed by atoms with Crippen molar-refractivity contribution in [1.82, 2.24) is 15.0 Å². The van der Waals surface area contributed by atoms with Gasteiger partial charge in [0.2, 0.25) is 5.91 Å². The number of carbonyl (C=O) groups excluding carboxylic acids is 1. The number of rotatable bonds is 5. The van der Waals surface area contributed by atoms with Crippen LogP contribution in [0, 0.1) is 0 Å². The van der Waals surface area contributed by atoms with Crippen LogP contribution >= 0.6 is 0 Å². The number of ether oxygens (including phenoxy) is 2. The maximum absolute atomic E-state index is 12.6. The number of nitrogens with zero attached hydrogens (tertiary/aromatic N) is 3. The summed E-state index contributed by atoms with van der Waals surface area (Å²) in [6.07, 6.45) is 0. The Hall–Kier alpha value is -3.42. The molecule has 8 heteroatoms. The largest absolute Gasteiger partial charge is 0.497 e. The third-order valence-electron chi connectivity index (χ3n) is 4.00. The monoisotopic (exact) mass is 354 g/mol. The number of benzene rings is 2. The zero-order chi connectivity index (χ0) is 18.7. The van der Waals surface area contributed by atoms with E-state index >= 15 is 0 Å². The lowest BCUT2D eigenvalue weighted by molar-refractivity contribution is -0.119. The number of anilines is 1. The van der Waals surface area contributed by atoms with Crippen molar-refractivity contribution in [3.63, 3.8) is 0 Å². The predicted molar refractivity (Wildman–Crippen MR) is 96.7 cm³/mol. The van der Waals surface area contributed by atoms with E-state index in [1.165, 1.54) is 14.2 Å². The van der Waals surface area contributed by atoms with Crippen molar-refractivity contribution in [2.24, 2.45) is 0 Å². The summed E-state index contributed by atoms with van der Waals surface area (Å²) in [5, 5.41) is 11.0. The van der Waals surface area contributed by atoms with Crippen molar-refractivity contribution < 1.29 is 14.3 Å². The molecule has 1 heterocycles. The Morgan fingerprint density at radius 3 is 2.65 bits per heavy atom. The number of hydrogen-bond donors (Lipinski definition) is 1. The first-order valence-electron chi connectivity index (χ1n) is 7.92. The molecule has 0 aliphatic rings. The number of fused-ring (bicyclic) bond motifs is 1. The highest BCUT2D eigenvalue weighted by atomic mass is 16.5.